The monoisotopic (exact) mass is 171 g/mol. The molecular formula is C2H6NO6P. The number of phosphoric acid groups is 1. The van der Waals surface area contributed by atoms with Crippen LogP contribution in [0.1, 0.15) is 0 Å². The van der Waals surface area contributed by atoms with E-state index in [1.54, 1.807) is 0 Å². The second kappa shape index (κ2) is 3.52. The van der Waals surface area contributed by atoms with Gasteiger partial charge in [0.25, 0.3) is 0 Å². The molecule has 0 aromatic heterocycles. The Morgan fingerprint density at radius 3 is 2.40 bits per heavy atom. The van der Waals surface area contributed by atoms with E-state index < -0.39 is 20.7 Å². The number of hydrogen-bond acceptors (Lipinski definition) is 4. The Labute approximate surface area is 56.0 Å². The van der Waals surface area contributed by atoms with Crippen molar-refractivity contribution in [3.63, 3.8) is 0 Å². The van der Waals surface area contributed by atoms with Crippen molar-refractivity contribution in [2.24, 2.45) is 5.73 Å². The van der Waals surface area contributed by atoms with Gasteiger partial charge in [0.05, 0.1) is 0 Å². The molecule has 0 rings (SSSR count). The Morgan fingerprint density at radius 2 is 2.10 bits per heavy atom. The van der Waals surface area contributed by atoms with E-state index in [0.29, 0.717) is 0 Å². The fraction of sp³-hybridized carbons (Fsp3) is 0.500. The maximum atomic E-state index is 9.85. The first-order valence-electron chi connectivity index (χ1n) is 2.04. The van der Waals surface area contributed by atoms with E-state index in [4.69, 9.17) is 9.79 Å². The minimum atomic E-state index is -4.55. The van der Waals surface area contributed by atoms with Crippen LogP contribution >= 0.6 is 7.82 Å². The molecule has 4 N–H and O–H groups in total. The molecule has 8 heteroatoms. The number of phosphoric ester groups is 1. The molecule has 7 nitrogen and oxygen atoms in total. The molecule has 0 aliphatic carbocycles. The molecule has 0 aromatic rings. The van der Waals surface area contributed by atoms with Crippen molar-refractivity contribution in [2.45, 2.75) is 0 Å². The van der Waals surface area contributed by atoms with E-state index in [0.717, 1.165) is 0 Å². The average molecular weight is 171 g/mol. The van der Waals surface area contributed by atoms with Gasteiger partial charge in [0.15, 0.2) is 0 Å². The third kappa shape index (κ3) is 7.38. The fourth-order valence-electron chi connectivity index (χ4n) is 0.153. The molecule has 0 saturated carbocycles. The van der Waals surface area contributed by atoms with Crippen LogP contribution in [-0.2, 0) is 13.8 Å². The first-order valence-corrected chi connectivity index (χ1v) is 3.57. The molecular weight excluding hydrogens is 165 g/mol. The zero-order valence-corrected chi connectivity index (χ0v) is 5.65. The largest absolute Gasteiger partial charge is 0.472 e. The summed E-state index contributed by atoms with van der Waals surface area (Å²) in [6.07, 6.45) is -1.16. The minimum absolute atomic E-state index is 0.848. The minimum Gasteiger partial charge on any atom is -0.422 e. The molecule has 0 atom stereocenters. The Balaban J connectivity index is 3.39. The lowest BCUT2D eigenvalue weighted by atomic mass is 11.2. The third-order valence-corrected chi connectivity index (χ3v) is 0.864. The molecule has 0 heterocycles. The van der Waals surface area contributed by atoms with Crippen molar-refractivity contribution < 1.29 is 28.4 Å². The first-order chi connectivity index (χ1) is 4.42. The molecule has 60 valence electrons. The van der Waals surface area contributed by atoms with E-state index in [1.807, 2.05) is 0 Å². The van der Waals surface area contributed by atoms with Crippen LogP contribution in [0.5, 0.6) is 0 Å². The van der Waals surface area contributed by atoms with Crippen molar-refractivity contribution in [1.82, 2.24) is 0 Å². The van der Waals surface area contributed by atoms with Crippen molar-refractivity contribution in [1.29, 1.82) is 0 Å². The zero-order valence-electron chi connectivity index (χ0n) is 4.76. The van der Waals surface area contributed by atoms with Crippen LogP contribution in [0.25, 0.3) is 0 Å². The predicted octanol–water partition coefficient (Wildman–Crippen LogP) is -0.852. The molecule has 1 amide bonds. The van der Waals surface area contributed by atoms with Gasteiger partial charge in [0, 0.05) is 0 Å². The molecule has 0 unspecified atom stereocenters. The highest BCUT2D eigenvalue weighted by Crippen LogP contribution is 2.35. The summed E-state index contributed by atoms with van der Waals surface area (Å²) in [5.41, 5.74) is 4.43. The number of primary amides is 1. The van der Waals surface area contributed by atoms with Crippen LogP contribution in [0.3, 0.4) is 0 Å². The number of carbonyl (C=O) groups excluding carboxylic acids is 1. The number of amides is 1. The summed E-state index contributed by atoms with van der Waals surface area (Å²) < 4.78 is 17.4. The summed E-state index contributed by atoms with van der Waals surface area (Å²) in [7, 11) is -4.55. The highest BCUT2D eigenvalue weighted by Gasteiger charge is 2.13. The summed E-state index contributed by atoms with van der Waals surface area (Å²) in [5.74, 6) is 0. The molecule has 0 aromatic carbocycles. The highest BCUT2D eigenvalue weighted by molar-refractivity contribution is 7.46. The van der Waals surface area contributed by atoms with E-state index in [9.17, 15) is 9.36 Å². The van der Waals surface area contributed by atoms with Gasteiger partial charge in [-0.15, -0.1) is 0 Å². The molecule has 0 spiro atoms. The van der Waals surface area contributed by atoms with Gasteiger partial charge in [-0.1, -0.05) is 0 Å². The smallest absolute Gasteiger partial charge is 0.422 e. The lowest BCUT2D eigenvalue weighted by Crippen LogP contribution is -2.14. The van der Waals surface area contributed by atoms with Crippen LogP contribution in [0.15, 0.2) is 0 Å². The maximum Gasteiger partial charge on any atom is 0.472 e. The van der Waals surface area contributed by atoms with Gasteiger partial charge in [-0.2, -0.15) is 0 Å². The van der Waals surface area contributed by atoms with Crippen molar-refractivity contribution in [3.05, 3.63) is 0 Å². The van der Waals surface area contributed by atoms with Gasteiger partial charge in [-0.3, -0.25) is 0 Å². The molecule has 0 aliphatic rings. The summed E-state index contributed by atoms with van der Waals surface area (Å²) in [4.78, 5) is 25.7. The Kier molecular flexibility index (Phi) is 3.31. The third-order valence-electron chi connectivity index (χ3n) is 0.422. The highest BCUT2D eigenvalue weighted by atomic mass is 31.2. The van der Waals surface area contributed by atoms with Gasteiger partial charge in [-0.25, -0.2) is 13.9 Å². The summed E-state index contributed by atoms with van der Waals surface area (Å²) >= 11 is 0. The second-order valence-electron chi connectivity index (χ2n) is 1.20. The number of nitrogens with two attached hydrogens (primary N) is 1. The summed E-state index contributed by atoms with van der Waals surface area (Å²) in [5, 5.41) is 0. The van der Waals surface area contributed by atoms with E-state index in [2.05, 4.69) is 15.0 Å². The molecule has 0 saturated heterocycles. The lowest BCUT2D eigenvalue weighted by molar-refractivity contribution is 0.0447. The van der Waals surface area contributed by atoms with Gasteiger partial charge < -0.3 is 20.3 Å². The lowest BCUT2D eigenvalue weighted by Gasteiger charge is -2.03. The fourth-order valence-corrected chi connectivity index (χ4v) is 0.343. The van der Waals surface area contributed by atoms with E-state index in [1.165, 1.54) is 0 Å². The maximum absolute atomic E-state index is 9.85. The topological polar surface area (TPSA) is 119 Å². The standard InChI is InChI=1S/C2H6NO6P/c3-2(4)8-1-9-10(5,6)7/h1H2,(H2,3,4)(H2,5,6,7). The average Bonchev–Trinajstić information content (AvgIpc) is 1.59. The van der Waals surface area contributed by atoms with Gasteiger partial charge >= 0.3 is 13.9 Å². The molecule has 0 radical (unpaired) electrons. The van der Waals surface area contributed by atoms with Crippen LogP contribution < -0.4 is 5.73 Å². The van der Waals surface area contributed by atoms with E-state index in [-0.39, 0.29) is 0 Å². The van der Waals surface area contributed by atoms with Crippen molar-refractivity contribution in [3.8, 4) is 0 Å². The predicted molar refractivity (Wildman–Crippen MR) is 28.7 cm³/mol. The number of ether oxygens (including phenoxy) is 1. The van der Waals surface area contributed by atoms with Gasteiger partial charge in [0.2, 0.25) is 6.79 Å². The molecule has 0 fully saturated rings. The van der Waals surface area contributed by atoms with Crippen LogP contribution in [-0.4, -0.2) is 22.7 Å². The molecule has 0 aliphatic heterocycles. The van der Waals surface area contributed by atoms with Crippen LogP contribution in [0.2, 0.25) is 0 Å². The van der Waals surface area contributed by atoms with E-state index >= 15 is 0 Å². The summed E-state index contributed by atoms with van der Waals surface area (Å²) in [6.45, 7) is -0.848. The van der Waals surface area contributed by atoms with Crippen molar-refractivity contribution in [2.75, 3.05) is 6.79 Å². The van der Waals surface area contributed by atoms with Gasteiger partial charge in [-0.05, 0) is 0 Å². The normalized spacial score (nSPS) is 11.0. The number of hydrogen-bond donors (Lipinski definition) is 3. The summed E-state index contributed by atoms with van der Waals surface area (Å²) in [6, 6.07) is 0. The molecule has 0 bridgehead atoms. The molecule has 10 heavy (non-hydrogen) atoms. The zero-order chi connectivity index (χ0) is 8.20. The van der Waals surface area contributed by atoms with Crippen LogP contribution in [0, 0.1) is 0 Å². The quantitative estimate of drug-likeness (QED) is 0.375. The second-order valence-corrected chi connectivity index (χ2v) is 2.44. The Bertz CT molecular complexity index is 161. The first kappa shape index (κ1) is 9.38. The number of carbonyl (C=O) groups is 1. The van der Waals surface area contributed by atoms with Crippen LogP contribution in [0.4, 0.5) is 4.79 Å². The van der Waals surface area contributed by atoms with Crippen molar-refractivity contribution >= 4 is 13.9 Å². The Hall–Kier alpha value is -0.620. The SMILES string of the molecule is NC(=O)OCOP(=O)(O)O. The Morgan fingerprint density at radius 1 is 1.60 bits per heavy atom. The number of rotatable bonds is 3. The van der Waals surface area contributed by atoms with Gasteiger partial charge in [0.1, 0.15) is 0 Å².